The lowest BCUT2D eigenvalue weighted by Gasteiger charge is -2.13. The van der Waals surface area contributed by atoms with Crippen molar-refractivity contribution in [3.05, 3.63) is 46.0 Å². The predicted molar refractivity (Wildman–Crippen MR) is 76.1 cm³/mol. The fraction of sp³-hybridized carbons (Fsp3) is 0.231. The van der Waals surface area contributed by atoms with Gasteiger partial charge in [0.2, 0.25) is 0 Å². The number of aromatic nitrogens is 1. The van der Waals surface area contributed by atoms with Crippen LogP contribution in [0.3, 0.4) is 0 Å². The third-order valence-corrected chi connectivity index (χ3v) is 3.84. The number of rotatable bonds is 3. The molecule has 0 radical (unpaired) electrons. The molecule has 0 aliphatic rings. The van der Waals surface area contributed by atoms with Crippen LogP contribution in [0.2, 0.25) is 0 Å². The summed E-state index contributed by atoms with van der Waals surface area (Å²) in [7, 11) is 0. The normalized spacial score (nSPS) is 12.3. The van der Waals surface area contributed by atoms with E-state index in [1.54, 1.807) is 0 Å². The summed E-state index contributed by atoms with van der Waals surface area (Å²) in [5, 5.41) is 3.66. The Morgan fingerprint density at radius 1 is 1.08 bits per heavy atom. The van der Waals surface area contributed by atoms with Crippen LogP contribution in [0.5, 0.6) is 0 Å². The van der Waals surface area contributed by atoms with E-state index in [0.717, 1.165) is 11.3 Å². The molecule has 1 aromatic heterocycles. The second-order valence-corrected chi connectivity index (χ2v) is 5.65. The third-order valence-electron chi connectivity index (χ3n) is 2.76. The molecule has 0 aliphatic carbocycles. The summed E-state index contributed by atoms with van der Waals surface area (Å²) in [6.45, 7) is 0. The van der Waals surface area contributed by atoms with E-state index in [-0.39, 0.29) is 17.1 Å². The van der Waals surface area contributed by atoms with E-state index in [2.05, 4.69) is 10.3 Å². The Kier molecular flexibility index (Phi) is 5.09. The summed E-state index contributed by atoms with van der Waals surface area (Å²) in [6.07, 6.45) is -10.0. The van der Waals surface area contributed by atoms with Crippen molar-refractivity contribution in [3.8, 4) is 0 Å². The Labute approximate surface area is 140 Å². The van der Waals surface area contributed by atoms with E-state index >= 15 is 0 Å². The molecule has 0 spiro atoms. The van der Waals surface area contributed by atoms with Gasteiger partial charge in [0.05, 0.1) is 22.7 Å². The maximum absolute atomic E-state index is 12.8. The quantitative estimate of drug-likeness (QED) is 0.582. The second kappa shape index (κ2) is 6.60. The van der Waals surface area contributed by atoms with E-state index < -0.39 is 35.0 Å². The number of halogens is 7. The van der Waals surface area contributed by atoms with E-state index in [4.69, 9.17) is 11.6 Å². The van der Waals surface area contributed by atoms with Gasteiger partial charge in [-0.15, -0.1) is 22.9 Å². The van der Waals surface area contributed by atoms with Crippen LogP contribution >= 0.6 is 22.9 Å². The molecule has 1 heterocycles. The van der Waals surface area contributed by atoms with Gasteiger partial charge < -0.3 is 0 Å². The van der Waals surface area contributed by atoms with Crippen molar-refractivity contribution in [1.82, 2.24) is 4.98 Å². The maximum Gasteiger partial charge on any atom is 0.416 e. The van der Waals surface area contributed by atoms with E-state index in [1.807, 2.05) is 0 Å². The highest BCUT2D eigenvalue weighted by Crippen LogP contribution is 2.36. The van der Waals surface area contributed by atoms with Crippen molar-refractivity contribution in [1.29, 1.82) is 0 Å². The zero-order valence-electron chi connectivity index (χ0n) is 11.4. The first-order valence-electron chi connectivity index (χ1n) is 6.12. The maximum atomic E-state index is 12.8. The molecule has 0 fully saturated rings. The van der Waals surface area contributed by atoms with Crippen molar-refractivity contribution >= 4 is 34.0 Å². The number of carbonyl (C=O) groups is 1. The molecule has 1 aromatic carbocycles. The first-order valence-corrected chi connectivity index (χ1v) is 7.53. The topological polar surface area (TPSA) is 42.0 Å². The summed E-state index contributed by atoms with van der Waals surface area (Å²) in [5.41, 5.74) is -3.50. The predicted octanol–water partition coefficient (Wildman–Crippen LogP) is 5.17. The number of thiazole rings is 1. The van der Waals surface area contributed by atoms with Gasteiger partial charge in [0.1, 0.15) is 0 Å². The van der Waals surface area contributed by atoms with Crippen LogP contribution < -0.4 is 5.32 Å². The molecular weight excluding hydrogens is 382 g/mol. The van der Waals surface area contributed by atoms with Gasteiger partial charge in [-0.05, 0) is 18.2 Å². The highest BCUT2D eigenvalue weighted by atomic mass is 35.5. The fourth-order valence-electron chi connectivity index (χ4n) is 1.68. The average molecular weight is 389 g/mol. The van der Waals surface area contributed by atoms with Crippen molar-refractivity contribution in [2.75, 3.05) is 5.32 Å². The van der Waals surface area contributed by atoms with Gasteiger partial charge >= 0.3 is 12.4 Å². The molecule has 3 nitrogen and oxygen atoms in total. The van der Waals surface area contributed by atoms with Crippen molar-refractivity contribution in [2.45, 2.75) is 18.2 Å². The minimum Gasteiger partial charge on any atom is -0.298 e. The molecule has 1 N–H and O–H groups in total. The Balaban J connectivity index is 2.38. The van der Waals surface area contributed by atoms with Crippen molar-refractivity contribution < 1.29 is 31.1 Å². The molecule has 0 saturated carbocycles. The molecule has 0 unspecified atom stereocenters. The Morgan fingerprint density at radius 3 is 2.04 bits per heavy atom. The second-order valence-electron chi connectivity index (χ2n) is 4.53. The summed E-state index contributed by atoms with van der Waals surface area (Å²) >= 11 is 6.46. The summed E-state index contributed by atoms with van der Waals surface area (Å²) in [4.78, 5) is 15.8. The zero-order chi connectivity index (χ0) is 18.1. The van der Waals surface area contributed by atoms with Crippen LogP contribution in [0, 0.1) is 0 Å². The molecule has 130 valence electrons. The Bertz CT molecular complexity index is 723. The zero-order valence-corrected chi connectivity index (χ0v) is 13.0. The highest BCUT2D eigenvalue weighted by molar-refractivity contribution is 7.14. The first kappa shape index (κ1) is 18.5. The number of carbonyl (C=O) groups excluding carboxylic acids is 1. The summed E-state index contributed by atoms with van der Waals surface area (Å²) < 4.78 is 76.5. The molecule has 0 saturated heterocycles. The number of amides is 1. The first-order chi connectivity index (χ1) is 11.0. The van der Waals surface area contributed by atoms with Crippen LogP contribution in [0.4, 0.5) is 31.5 Å². The average Bonchev–Trinajstić information content (AvgIpc) is 2.92. The molecule has 2 rings (SSSR count). The third kappa shape index (κ3) is 4.38. The lowest BCUT2D eigenvalue weighted by molar-refractivity contribution is -0.143. The standard InChI is InChI=1S/C13H7ClF6N2OS/c14-4-9-5-24-11(21-9)22-10(23)6-1-7(12(15,16)17)3-8(2-6)13(18,19)20/h1-3,5H,4H2,(H,21,22,23). The molecule has 1 amide bonds. The monoisotopic (exact) mass is 388 g/mol. The van der Waals surface area contributed by atoms with Crippen LogP contribution in [0.25, 0.3) is 0 Å². The smallest absolute Gasteiger partial charge is 0.298 e. The van der Waals surface area contributed by atoms with Gasteiger partial charge in [0.25, 0.3) is 5.91 Å². The number of hydrogen-bond donors (Lipinski definition) is 1. The lowest BCUT2D eigenvalue weighted by atomic mass is 10.0. The van der Waals surface area contributed by atoms with E-state index in [0.29, 0.717) is 17.8 Å². The van der Waals surface area contributed by atoms with Crippen LogP contribution in [-0.4, -0.2) is 10.9 Å². The molecule has 11 heteroatoms. The molecule has 0 aliphatic heterocycles. The number of hydrogen-bond acceptors (Lipinski definition) is 3. The largest absolute Gasteiger partial charge is 0.416 e. The van der Waals surface area contributed by atoms with Crippen LogP contribution in [-0.2, 0) is 18.2 Å². The van der Waals surface area contributed by atoms with Gasteiger partial charge in [-0.2, -0.15) is 26.3 Å². The SMILES string of the molecule is O=C(Nc1nc(CCl)cs1)c1cc(C(F)(F)F)cc(C(F)(F)F)c1. The number of anilines is 1. The van der Waals surface area contributed by atoms with Crippen LogP contribution in [0.15, 0.2) is 23.6 Å². The van der Waals surface area contributed by atoms with E-state index in [1.165, 1.54) is 5.38 Å². The minimum absolute atomic E-state index is 0.0154. The minimum atomic E-state index is -5.02. The van der Waals surface area contributed by atoms with Crippen molar-refractivity contribution in [3.63, 3.8) is 0 Å². The van der Waals surface area contributed by atoms with Gasteiger partial charge in [0.15, 0.2) is 5.13 Å². The van der Waals surface area contributed by atoms with Gasteiger partial charge in [-0.3, -0.25) is 10.1 Å². The lowest BCUT2D eigenvalue weighted by Crippen LogP contribution is -2.17. The van der Waals surface area contributed by atoms with Crippen LogP contribution in [0.1, 0.15) is 27.2 Å². The Morgan fingerprint density at radius 2 is 1.62 bits per heavy atom. The summed E-state index contributed by atoms with van der Waals surface area (Å²) in [5.74, 6) is -1.09. The number of benzene rings is 1. The molecular formula is C13H7ClF6N2OS. The number of nitrogens with one attached hydrogen (secondary N) is 1. The van der Waals surface area contributed by atoms with Crippen molar-refractivity contribution in [2.24, 2.45) is 0 Å². The molecule has 0 atom stereocenters. The van der Waals surface area contributed by atoms with E-state index in [9.17, 15) is 31.1 Å². The Hall–Kier alpha value is -1.81. The fourth-order valence-corrected chi connectivity index (χ4v) is 2.61. The molecule has 0 bridgehead atoms. The highest BCUT2D eigenvalue weighted by Gasteiger charge is 2.37. The van der Waals surface area contributed by atoms with Gasteiger partial charge in [-0.25, -0.2) is 4.98 Å². The summed E-state index contributed by atoms with van der Waals surface area (Å²) in [6, 6.07) is 0.646. The molecule has 24 heavy (non-hydrogen) atoms. The van der Waals surface area contributed by atoms with Gasteiger partial charge in [0, 0.05) is 10.9 Å². The molecule has 2 aromatic rings. The van der Waals surface area contributed by atoms with Gasteiger partial charge in [-0.1, -0.05) is 0 Å². The number of alkyl halides is 7. The number of nitrogens with zero attached hydrogens (tertiary/aromatic N) is 1.